The van der Waals surface area contributed by atoms with Gasteiger partial charge in [-0.1, -0.05) is 31.0 Å². The van der Waals surface area contributed by atoms with Crippen molar-refractivity contribution >= 4 is 23.2 Å². The van der Waals surface area contributed by atoms with E-state index in [2.05, 4.69) is 5.10 Å². The lowest BCUT2D eigenvalue weighted by molar-refractivity contribution is -0.297. The molecule has 1 aliphatic rings. The Morgan fingerprint density at radius 1 is 1.48 bits per heavy atom. The maximum Gasteiger partial charge on any atom is 0.438 e. The number of hydrogen-bond donors (Lipinski definition) is 1. The van der Waals surface area contributed by atoms with E-state index < -0.39 is 24.2 Å². The number of amides is 1. The van der Waals surface area contributed by atoms with Gasteiger partial charge in [-0.2, -0.15) is 23.3 Å². The predicted octanol–water partition coefficient (Wildman–Crippen LogP) is 3.90. The summed E-state index contributed by atoms with van der Waals surface area (Å²) < 4.78 is 39.9. The Kier molecular flexibility index (Phi) is 4.73. The standard InChI is InChI=1S/C15H16ClF3N2O2/c1-3-4-10-8-14(23,15(17,18)19)21(20-10)13(22)11-6-5-9(2)7-12(11)16/h5-7,23H,3-4,8H2,1-2H3. The highest BCUT2D eigenvalue weighted by Crippen LogP contribution is 2.42. The molecule has 126 valence electrons. The minimum absolute atomic E-state index is 0.0127. The summed E-state index contributed by atoms with van der Waals surface area (Å²) in [4.78, 5) is 12.5. The van der Waals surface area contributed by atoms with Gasteiger partial charge in [0.05, 0.1) is 10.6 Å². The molecule has 1 aliphatic heterocycles. The van der Waals surface area contributed by atoms with Crippen molar-refractivity contribution < 1.29 is 23.1 Å². The van der Waals surface area contributed by atoms with Crippen LogP contribution in [0.4, 0.5) is 13.2 Å². The molecule has 2 rings (SSSR count). The maximum absolute atomic E-state index is 13.3. The van der Waals surface area contributed by atoms with Gasteiger partial charge < -0.3 is 5.11 Å². The minimum atomic E-state index is -5.03. The first-order valence-corrected chi connectivity index (χ1v) is 7.44. The van der Waals surface area contributed by atoms with E-state index in [1.54, 1.807) is 19.9 Å². The molecule has 0 fully saturated rings. The molecule has 1 amide bonds. The molecule has 4 nitrogen and oxygen atoms in total. The first-order chi connectivity index (χ1) is 10.6. The highest BCUT2D eigenvalue weighted by Gasteiger charge is 2.63. The van der Waals surface area contributed by atoms with Crippen molar-refractivity contribution in [1.82, 2.24) is 5.01 Å². The molecule has 0 spiro atoms. The van der Waals surface area contributed by atoms with Crippen LogP contribution in [0.15, 0.2) is 23.3 Å². The topological polar surface area (TPSA) is 52.9 Å². The van der Waals surface area contributed by atoms with Crippen LogP contribution in [-0.4, -0.2) is 33.6 Å². The average molecular weight is 349 g/mol. The molecular formula is C15H16ClF3N2O2. The third-order valence-electron chi connectivity index (χ3n) is 3.58. The number of rotatable bonds is 3. The molecule has 0 aliphatic carbocycles. The number of carbonyl (C=O) groups is 1. The minimum Gasteiger partial charge on any atom is -0.362 e. The van der Waals surface area contributed by atoms with E-state index in [0.29, 0.717) is 6.42 Å². The molecule has 1 atom stereocenters. The van der Waals surface area contributed by atoms with Crippen molar-refractivity contribution in [2.45, 2.75) is 45.0 Å². The van der Waals surface area contributed by atoms with Crippen molar-refractivity contribution in [2.24, 2.45) is 5.10 Å². The molecule has 0 radical (unpaired) electrons. The van der Waals surface area contributed by atoms with Crippen LogP contribution < -0.4 is 0 Å². The third-order valence-corrected chi connectivity index (χ3v) is 3.90. The predicted molar refractivity (Wildman–Crippen MR) is 80.3 cm³/mol. The highest BCUT2D eigenvalue weighted by molar-refractivity contribution is 6.34. The van der Waals surface area contributed by atoms with Crippen molar-refractivity contribution in [3.63, 3.8) is 0 Å². The van der Waals surface area contributed by atoms with Crippen LogP contribution in [0.3, 0.4) is 0 Å². The van der Waals surface area contributed by atoms with Crippen LogP contribution in [0.5, 0.6) is 0 Å². The summed E-state index contributed by atoms with van der Waals surface area (Å²) in [5.74, 6) is -1.08. The van der Waals surface area contributed by atoms with Crippen molar-refractivity contribution in [3.05, 3.63) is 34.3 Å². The summed E-state index contributed by atoms with van der Waals surface area (Å²) in [7, 11) is 0. The van der Waals surface area contributed by atoms with Crippen LogP contribution in [0.25, 0.3) is 0 Å². The highest BCUT2D eigenvalue weighted by atomic mass is 35.5. The molecule has 1 aromatic rings. The fourth-order valence-electron chi connectivity index (χ4n) is 2.39. The van der Waals surface area contributed by atoms with Crippen molar-refractivity contribution in [1.29, 1.82) is 0 Å². The zero-order valence-electron chi connectivity index (χ0n) is 12.6. The van der Waals surface area contributed by atoms with Gasteiger partial charge in [0.15, 0.2) is 0 Å². The van der Waals surface area contributed by atoms with E-state index in [9.17, 15) is 23.1 Å². The largest absolute Gasteiger partial charge is 0.438 e. The molecule has 1 aromatic carbocycles. The smallest absolute Gasteiger partial charge is 0.362 e. The Hall–Kier alpha value is -1.60. The first-order valence-electron chi connectivity index (χ1n) is 7.06. The SMILES string of the molecule is CCCC1=NN(C(=O)c2ccc(C)cc2Cl)C(O)(C(F)(F)F)C1. The van der Waals surface area contributed by atoms with Crippen molar-refractivity contribution in [3.8, 4) is 0 Å². The van der Waals surface area contributed by atoms with Gasteiger partial charge in [-0.05, 0) is 31.0 Å². The second-order valence-electron chi connectivity index (χ2n) is 5.51. The lowest BCUT2D eigenvalue weighted by atomic mass is 10.0. The van der Waals surface area contributed by atoms with E-state index in [4.69, 9.17) is 11.6 Å². The van der Waals surface area contributed by atoms with Crippen LogP contribution in [-0.2, 0) is 0 Å². The fourth-order valence-corrected chi connectivity index (χ4v) is 2.70. The first kappa shape index (κ1) is 17.7. The Bertz CT molecular complexity index is 661. The Balaban J connectivity index is 2.45. The number of carbonyl (C=O) groups excluding carboxylic acids is 1. The molecule has 1 heterocycles. The average Bonchev–Trinajstić information content (AvgIpc) is 2.76. The van der Waals surface area contributed by atoms with E-state index in [1.807, 2.05) is 0 Å². The van der Waals surface area contributed by atoms with Gasteiger partial charge in [-0.25, -0.2) is 0 Å². The summed E-state index contributed by atoms with van der Waals surface area (Å²) in [5, 5.41) is 13.9. The number of hydrogen-bond acceptors (Lipinski definition) is 3. The lowest BCUT2D eigenvalue weighted by Gasteiger charge is -2.32. The van der Waals surface area contributed by atoms with Gasteiger partial charge in [0.1, 0.15) is 0 Å². The fraction of sp³-hybridized carbons (Fsp3) is 0.467. The number of alkyl halides is 3. The van der Waals surface area contributed by atoms with Gasteiger partial charge in [-0.15, -0.1) is 0 Å². The zero-order valence-corrected chi connectivity index (χ0v) is 13.4. The molecule has 0 saturated heterocycles. The number of nitrogens with zero attached hydrogens (tertiary/aromatic N) is 2. The van der Waals surface area contributed by atoms with Gasteiger partial charge in [0.2, 0.25) is 0 Å². The number of aliphatic hydroxyl groups is 1. The molecule has 1 N–H and O–H groups in total. The molecule has 0 saturated carbocycles. The summed E-state index contributed by atoms with van der Waals surface area (Å²) >= 11 is 5.95. The summed E-state index contributed by atoms with van der Waals surface area (Å²) in [6, 6.07) is 4.34. The van der Waals surface area contributed by atoms with Crippen molar-refractivity contribution in [2.75, 3.05) is 0 Å². The van der Waals surface area contributed by atoms with E-state index in [0.717, 1.165) is 5.56 Å². The molecular weight excluding hydrogens is 333 g/mol. The van der Waals surface area contributed by atoms with Gasteiger partial charge in [0.25, 0.3) is 11.6 Å². The third kappa shape index (κ3) is 3.21. The number of halogens is 4. The summed E-state index contributed by atoms with van der Waals surface area (Å²) in [6.07, 6.45) is -4.96. The van der Waals surface area contributed by atoms with Crippen LogP contribution in [0.2, 0.25) is 5.02 Å². The Morgan fingerprint density at radius 3 is 2.65 bits per heavy atom. The van der Waals surface area contributed by atoms with Crippen LogP contribution >= 0.6 is 11.6 Å². The zero-order chi connectivity index (χ0) is 17.4. The van der Waals surface area contributed by atoms with E-state index >= 15 is 0 Å². The second kappa shape index (κ2) is 6.13. The van der Waals surface area contributed by atoms with E-state index in [1.165, 1.54) is 12.1 Å². The molecule has 0 aromatic heterocycles. The lowest BCUT2D eigenvalue weighted by Crippen LogP contribution is -2.56. The number of benzene rings is 1. The Labute approximate surface area is 136 Å². The van der Waals surface area contributed by atoms with E-state index in [-0.39, 0.29) is 27.7 Å². The Morgan fingerprint density at radius 2 is 2.13 bits per heavy atom. The monoisotopic (exact) mass is 348 g/mol. The van der Waals surface area contributed by atoms with Gasteiger partial charge in [-0.3, -0.25) is 4.79 Å². The van der Waals surface area contributed by atoms with Crippen LogP contribution in [0.1, 0.15) is 42.1 Å². The molecule has 23 heavy (non-hydrogen) atoms. The normalized spacial score (nSPS) is 21.5. The molecule has 1 unspecified atom stereocenters. The number of hydrazone groups is 1. The summed E-state index contributed by atoms with van der Waals surface area (Å²) in [6.45, 7) is 3.51. The second-order valence-corrected chi connectivity index (χ2v) is 5.91. The van der Waals surface area contributed by atoms with Gasteiger partial charge >= 0.3 is 6.18 Å². The molecule has 8 heteroatoms. The van der Waals surface area contributed by atoms with Crippen LogP contribution in [0, 0.1) is 6.92 Å². The quantitative estimate of drug-likeness (QED) is 0.900. The summed E-state index contributed by atoms with van der Waals surface area (Å²) in [5.41, 5.74) is -2.59. The number of aryl methyl sites for hydroxylation is 1. The van der Waals surface area contributed by atoms with Gasteiger partial charge in [0, 0.05) is 12.1 Å². The maximum atomic E-state index is 13.3. The molecule has 0 bridgehead atoms.